The second-order valence-electron chi connectivity index (χ2n) is 5.45. The maximum absolute atomic E-state index is 11.4. The molecule has 0 aromatic heterocycles. The lowest BCUT2D eigenvalue weighted by molar-refractivity contribution is -0.151. The Kier molecular flexibility index (Phi) is 2.50. The molecule has 15 heavy (non-hydrogen) atoms. The summed E-state index contributed by atoms with van der Waals surface area (Å²) >= 11 is 0. The molecule has 82 valence electrons. The quantitative estimate of drug-likeness (QED) is 0.599. The van der Waals surface area contributed by atoms with Crippen LogP contribution >= 0.6 is 0 Å². The molecule has 1 aliphatic heterocycles. The molecular formula is C13H19NO. The van der Waals surface area contributed by atoms with Gasteiger partial charge in [0, 0.05) is 18.5 Å². The van der Waals surface area contributed by atoms with Crippen LogP contribution < -0.4 is 0 Å². The van der Waals surface area contributed by atoms with Gasteiger partial charge >= 0.3 is 0 Å². The van der Waals surface area contributed by atoms with Crippen LogP contribution in [0, 0.1) is 29.1 Å². The van der Waals surface area contributed by atoms with E-state index < -0.39 is 0 Å². The first-order valence-electron chi connectivity index (χ1n) is 5.78. The van der Waals surface area contributed by atoms with Gasteiger partial charge in [-0.25, -0.2) is 0 Å². The first-order valence-corrected chi connectivity index (χ1v) is 5.78. The number of carbonyl (C=O) groups excluding carboxylic acids is 1. The van der Waals surface area contributed by atoms with Gasteiger partial charge in [0.15, 0.2) is 0 Å². The fourth-order valence-corrected chi connectivity index (χ4v) is 2.88. The molecule has 0 atom stereocenters. The van der Waals surface area contributed by atoms with Crippen LogP contribution in [0.1, 0.15) is 33.6 Å². The highest BCUT2D eigenvalue weighted by Gasteiger charge is 2.53. The predicted molar refractivity (Wildman–Crippen MR) is 60.0 cm³/mol. The van der Waals surface area contributed by atoms with Crippen molar-refractivity contribution in [1.29, 1.82) is 0 Å². The Morgan fingerprint density at radius 1 is 1.40 bits per heavy atom. The molecule has 0 aromatic carbocycles. The van der Waals surface area contributed by atoms with Gasteiger partial charge in [-0.1, -0.05) is 19.8 Å². The van der Waals surface area contributed by atoms with E-state index in [4.69, 9.17) is 0 Å². The zero-order valence-corrected chi connectivity index (χ0v) is 9.84. The summed E-state index contributed by atoms with van der Waals surface area (Å²) in [5.41, 5.74) is 0.486. The van der Waals surface area contributed by atoms with Gasteiger partial charge in [-0.15, -0.1) is 0 Å². The fourth-order valence-electron chi connectivity index (χ4n) is 2.88. The molecule has 2 rings (SSSR count). The minimum atomic E-state index is 0.0103. The maximum Gasteiger partial charge on any atom is 0.298 e. The predicted octanol–water partition coefficient (Wildman–Crippen LogP) is 1.90. The Bertz CT molecular complexity index is 320. The van der Waals surface area contributed by atoms with E-state index in [2.05, 4.69) is 25.7 Å². The zero-order valence-electron chi connectivity index (χ0n) is 9.84. The third kappa shape index (κ3) is 1.76. The molecule has 1 spiro atoms. The van der Waals surface area contributed by atoms with Crippen molar-refractivity contribution in [2.45, 2.75) is 33.6 Å². The van der Waals surface area contributed by atoms with Crippen LogP contribution in [0.15, 0.2) is 0 Å². The first kappa shape index (κ1) is 10.5. The van der Waals surface area contributed by atoms with E-state index in [1.807, 2.05) is 4.90 Å². The molecule has 2 nitrogen and oxygen atoms in total. The molecule has 1 saturated carbocycles. The topological polar surface area (TPSA) is 20.3 Å². The molecule has 0 radical (unpaired) electrons. The number of likely N-dealkylation sites (tertiary alicyclic amines) is 1. The van der Waals surface area contributed by atoms with Crippen molar-refractivity contribution in [3.8, 4) is 11.8 Å². The van der Waals surface area contributed by atoms with Gasteiger partial charge < -0.3 is 4.90 Å². The van der Waals surface area contributed by atoms with Gasteiger partial charge in [-0.3, -0.25) is 4.79 Å². The van der Waals surface area contributed by atoms with Crippen LogP contribution in [0.25, 0.3) is 0 Å². The van der Waals surface area contributed by atoms with E-state index in [1.165, 1.54) is 12.8 Å². The summed E-state index contributed by atoms with van der Waals surface area (Å²) in [4.78, 5) is 13.3. The van der Waals surface area contributed by atoms with Crippen LogP contribution in [0.4, 0.5) is 0 Å². The van der Waals surface area contributed by atoms with Crippen molar-refractivity contribution in [3.63, 3.8) is 0 Å². The highest BCUT2D eigenvalue weighted by atomic mass is 16.2. The Balaban J connectivity index is 1.79. The van der Waals surface area contributed by atoms with E-state index in [0.29, 0.717) is 5.41 Å². The molecule has 0 unspecified atom stereocenters. The molecule has 0 bridgehead atoms. The smallest absolute Gasteiger partial charge is 0.298 e. The van der Waals surface area contributed by atoms with Crippen LogP contribution in [-0.2, 0) is 4.79 Å². The molecule has 1 heterocycles. The van der Waals surface area contributed by atoms with E-state index >= 15 is 0 Å². The second-order valence-corrected chi connectivity index (χ2v) is 5.45. The lowest BCUT2D eigenvalue weighted by atomic mass is 9.55. The second kappa shape index (κ2) is 3.56. The maximum atomic E-state index is 11.4. The lowest BCUT2D eigenvalue weighted by Crippen LogP contribution is -2.64. The number of nitrogens with zero attached hydrogens (tertiary/aromatic N) is 1. The van der Waals surface area contributed by atoms with Crippen molar-refractivity contribution in [1.82, 2.24) is 4.90 Å². The van der Waals surface area contributed by atoms with E-state index in [1.54, 1.807) is 6.92 Å². The minimum Gasteiger partial charge on any atom is -0.331 e. The number of amides is 1. The Labute approximate surface area is 92.0 Å². The lowest BCUT2D eigenvalue weighted by Gasteiger charge is -2.59. The van der Waals surface area contributed by atoms with Crippen molar-refractivity contribution in [2.24, 2.45) is 17.3 Å². The molecule has 1 amide bonds. The summed E-state index contributed by atoms with van der Waals surface area (Å²) in [5, 5.41) is 0. The number of carbonyl (C=O) groups is 1. The third-order valence-corrected chi connectivity index (χ3v) is 3.90. The van der Waals surface area contributed by atoms with Gasteiger partial charge in [0.25, 0.3) is 5.91 Å². The van der Waals surface area contributed by atoms with E-state index in [9.17, 15) is 4.79 Å². The van der Waals surface area contributed by atoms with E-state index in [-0.39, 0.29) is 5.91 Å². The summed E-state index contributed by atoms with van der Waals surface area (Å²) in [7, 11) is 0. The standard InChI is InChI=1S/C13H19NO/c1-4-5-12(15)14-8-13(9-14)6-11(7-13)10(2)3/h10-11H,6-9H2,1-3H3. The molecule has 2 aliphatic rings. The summed E-state index contributed by atoms with van der Waals surface area (Å²) in [6.07, 6.45) is 2.63. The average molecular weight is 205 g/mol. The monoisotopic (exact) mass is 205 g/mol. The van der Waals surface area contributed by atoms with Crippen LogP contribution in [0.5, 0.6) is 0 Å². The molecule has 0 aromatic rings. The molecule has 2 heteroatoms. The van der Waals surface area contributed by atoms with Gasteiger partial charge in [0.1, 0.15) is 0 Å². The molecule has 1 aliphatic carbocycles. The van der Waals surface area contributed by atoms with E-state index in [0.717, 1.165) is 24.9 Å². The largest absolute Gasteiger partial charge is 0.331 e. The van der Waals surface area contributed by atoms with Gasteiger partial charge in [0.2, 0.25) is 0 Å². The Morgan fingerprint density at radius 3 is 2.47 bits per heavy atom. The summed E-state index contributed by atoms with van der Waals surface area (Å²) in [5.74, 6) is 6.97. The average Bonchev–Trinajstić information content (AvgIpc) is 1.98. The molecule has 0 N–H and O–H groups in total. The molecular weight excluding hydrogens is 186 g/mol. The normalized spacial score (nSPS) is 23.1. The van der Waals surface area contributed by atoms with Crippen molar-refractivity contribution in [3.05, 3.63) is 0 Å². The van der Waals surface area contributed by atoms with Gasteiger partial charge in [0.05, 0.1) is 0 Å². The third-order valence-electron chi connectivity index (χ3n) is 3.90. The van der Waals surface area contributed by atoms with Gasteiger partial charge in [-0.05, 0) is 37.5 Å². The Morgan fingerprint density at radius 2 is 2.00 bits per heavy atom. The highest BCUT2D eigenvalue weighted by Crippen LogP contribution is 2.54. The highest BCUT2D eigenvalue weighted by molar-refractivity contribution is 5.94. The number of hydrogen-bond donors (Lipinski definition) is 0. The van der Waals surface area contributed by atoms with Gasteiger partial charge in [-0.2, -0.15) is 0 Å². The molecule has 2 fully saturated rings. The summed E-state index contributed by atoms with van der Waals surface area (Å²) in [6, 6.07) is 0. The number of hydrogen-bond acceptors (Lipinski definition) is 1. The Hall–Kier alpha value is -0.970. The SMILES string of the molecule is CC#CC(=O)N1CC2(CC(C(C)C)C2)C1. The summed E-state index contributed by atoms with van der Waals surface area (Å²) in [6.45, 7) is 8.20. The van der Waals surface area contributed by atoms with Crippen LogP contribution in [0.3, 0.4) is 0 Å². The summed E-state index contributed by atoms with van der Waals surface area (Å²) < 4.78 is 0. The van der Waals surface area contributed by atoms with Crippen LogP contribution in [-0.4, -0.2) is 23.9 Å². The van der Waals surface area contributed by atoms with Crippen molar-refractivity contribution < 1.29 is 4.79 Å². The van der Waals surface area contributed by atoms with Crippen LogP contribution in [0.2, 0.25) is 0 Å². The molecule has 1 saturated heterocycles. The number of rotatable bonds is 1. The minimum absolute atomic E-state index is 0.0103. The van der Waals surface area contributed by atoms with Crippen molar-refractivity contribution >= 4 is 5.91 Å². The zero-order chi connectivity index (χ0) is 11.1. The fraction of sp³-hybridized carbons (Fsp3) is 0.769. The van der Waals surface area contributed by atoms with Crippen molar-refractivity contribution in [2.75, 3.05) is 13.1 Å². The first-order chi connectivity index (χ1) is 7.06.